The van der Waals surface area contributed by atoms with E-state index in [-0.39, 0.29) is 9.80 Å². The number of nitriles is 1. The molecule has 3 aromatic carbocycles. The summed E-state index contributed by atoms with van der Waals surface area (Å²) < 4.78 is 27.8. The van der Waals surface area contributed by atoms with Crippen LogP contribution in [0.1, 0.15) is 12.5 Å². The zero-order chi connectivity index (χ0) is 19.7. The second-order valence-corrected chi connectivity index (χ2v) is 8.39. The molecule has 0 N–H and O–H groups in total. The summed E-state index contributed by atoms with van der Waals surface area (Å²) in [4.78, 5) is -0.149. The highest BCUT2D eigenvalue weighted by Gasteiger charge is 2.20. The summed E-state index contributed by atoms with van der Waals surface area (Å²) in [7, 11) is -3.85. The van der Waals surface area contributed by atoms with Gasteiger partial charge in [0.25, 0.3) is 0 Å². The predicted octanol–water partition coefficient (Wildman–Crippen LogP) is 5.15. The Morgan fingerprint density at radius 3 is 2.36 bits per heavy atom. The molecule has 5 heteroatoms. The van der Waals surface area contributed by atoms with Gasteiger partial charge in [-0.2, -0.15) is 5.26 Å². The fraction of sp³-hybridized carbons (Fsp3) is 0.0870. The standard InChI is InChI=1S/C23H18N2O2S/c1-2-25-22-11-7-6-10-20(22)21-15-17(12-13-23(21)25)14-19(16-24)28(26,27)18-8-4-3-5-9-18/h3-15H,2H2,1H3/b19-14+. The number of nitrogens with zero attached hydrogens (tertiary/aromatic N) is 2. The monoisotopic (exact) mass is 386 g/mol. The molecule has 0 saturated carbocycles. The van der Waals surface area contributed by atoms with Crippen LogP contribution in [-0.4, -0.2) is 13.0 Å². The lowest BCUT2D eigenvalue weighted by Gasteiger charge is -2.04. The van der Waals surface area contributed by atoms with Gasteiger partial charge in [-0.25, -0.2) is 8.42 Å². The second-order valence-electron chi connectivity index (χ2n) is 6.47. The van der Waals surface area contributed by atoms with Crippen molar-refractivity contribution in [2.24, 2.45) is 0 Å². The van der Waals surface area contributed by atoms with Crippen molar-refractivity contribution in [3.63, 3.8) is 0 Å². The van der Waals surface area contributed by atoms with Gasteiger partial charge in [-0.15, -0.1) is 0 Å². The van der Waals surface area contributed by atoms with E-state index in [1.165, 1.54) is 18.2 Å². The molecule has 0 fully saturated rings. The molecule has 4 nitrogen and oxygen atoms in total. The summed E-state index contributed by atoms with van der Waals surface area (Å²) in [6.45, 7) is 2.94. The minimum Gasteiger partial charge on any atom is -0.341 e. The lowest BCUT2D eigenvalue weighted by Crippen LogP contribution is -2.03. The number of hydrogen-bond donors (Lipinski definition) is 0. The third-order valence-electron chi connectivity index (χ3n) is 4.86. The summed E-state index contributed by atoms with van der Waals surface area (Å²) in [6.07, 6.45) is 1.44. The maximum absolute atomic E-state index is 12.8. The Balaban J connectivity index is 1.90. The Labute approximate surface area is 163 Å². The third kappa shape index (κ3) is 2.88. The van der Waals surface area contributed by atoms with Crippen molar-refractivity contribution in [1.29, 1.82) is 5.26 Å². The number of allylic oxidation sites excluding steroid dienone is 1. The van der Waals surface area contributed by atoms with Gasteiger partial charge >= 0.3 is 0 Å². The summed E-state index contributed by atoms with van der Waals surface area (Å²) in [5.41, 5.74) is 2.91. The molecular formula is C23H18N2O2S. The predicted molar refractivity (Wildman–Crippen MR) is 112 cm³/mol. The molecular weight excluding hydrogens is 368 g/mol. The minimum atomic E-state index is -3.85. The smallest absolute Gasteiger partial charge is 0.216 e. The number of sulfone groups is 1. The maximum Gasteiger partial charge on any atom is 0.216 e. The first kappa shape index (κ1) is 18.0. The average molecular weight is 386 g/mol. The van der Waals surface area contributed by atoms with Crippen LogP contribution in [0.3, 0.4) is 0 Å². The highest BCUT2D eigenvalue weighted by Crippen LogP contribution is 2.30. The van der Waals surface area contributed by atoms with Gasteiger partial charge in [-0.1, -0.05) is 42.5 Å². The number of fused-ring (bicyclic) bond motifs is 3. The van der Waals surface area contributed by atoms with Gasteiger partial charge in [-0.3, -0.25) is 0 Å². The van der Waals surface area contributed by atoms with Gasteiger partial charge in [0.1, 0.15) is 11.0 Å². The number of rotatable bonds is 4. The minimum absolute atomic E-state index is 0.117. The van der Waals surface area contributed by atoms with Gasteiger partial charge < -0.3 is 4.57 Å². The van der Waals surface area contributed by atoms with E-state index in [4.69, 9.17) is 0 Å². The van der Waals surface area contributed by atoms with Crippen molar-refractivity contribution in [2.45, 2.75) is 18.4 Å². The van der Waals surface area contributed by atoms with Crippen molar-refractivity contribution in [1.82, 2.24) is 4.57 Å². The molecule has 0 amide bonds. The Kier molecular flexibility index (Phi) is 4.50. The van der Waals surface area contributed by atoms with Gasteiger partial charge in [0.05, 0.1) is 4.90 Å². The van der Waals surface area contributed by atoms with E-state index in [2.05, 4.69) is 23.6 Å². The zero-order valence-corrected chi connectivity index (χ0v) is 16.1. The molecule has 1 aromatic heterocycles. The molecule has 0 unspecified atom stereocenters. The fourth-order valence-corrected chi connectivity index (χ4v) is 4.73. The number of benzene rings is 3. The molecule has 1 heterocycles. The van der Waals surface area contributed by atoms with E-state index in [0.717, 1.165) is 28.4 Å². The van der Waals surface area contributed by atoms with E-state index in [1.807, 2.05) is 36.4 Å². The first-order valence-corrected chi connectivity index (χ1v) is 10.5. The van der Waals surface area contributed by atoms with Gasteiger partial charge in [-0.05, 0) is 48.9 Å². The van der Waals surface area contributed by atoms with Crippen molar-refractivity contribution < 1.29 is 8.42 Å². The number of para-hydroxylation sites is 1. The molecule has 0 spiro atoms. The molecule has 0 saturated heterocycles. The van der Waals surface area contributed by atoms with Crippen LogP contribution in [0.2, 0.25) is 0 Å². The maximum atomic E-state index is 12.8. The van der Waals surface area contributed by atoms with Crippen LogP contribution in [0.4, 0.5) is 0 Å². The molecule has 28 heavy (non-hydrogen) atoms. The van der Waals surface area contributed by atoms with Gasteiger partial charge in [0.2, 0.25) is 9.84 Å². The average Bonchev–Trinajstić information content (AvgIpc) is 3.05. The fourth-order valence-electron chi connectivity index (χ4n) is 3.55. The third-order valence-corrected chi connectivity index (χ3v) is 6.54. The quantitative estimate of drug-likeness (QED) is 0.456. The lowest BCUT2D eigenvalue weighted by molar-refractivity contribution is 0.603. The molecule has 0 atom stereocenters. The molecule has 0 aliphatic rings. The van der Waals surface area contributed by atoms with Gasteiger partial charge in [0, 0.05) is 28.4 Å². The first-order chi connectivity index (χ1) is 13.6. The summed E-state index contributed by atoms with van der Waals surface area (Å²) >= 11 is 0. The number of aryl methyl sites for hydroxylation is 1. The van der Waals surface area contributed by atoms with Crippen LogP contribution < -0.4 is 0 Å². The van der Waals surface area contributed by atoms with Crippen LogP contribution in [0.25, 0.3) is 27.9 Å². The molecule has 0 bridgehead atoms. The number of aromatic nitrogens is 1. The molecule has 0 radical (unpaired) electrons. The van der Waals surface area contributed by atoms with Gasteiger partial charge in [0.15, 0.2) is 0 Å². The molecule has 0 aliphatic carbocycles. The van der Waals surface area contributed by atoms with E-state index in [1.54, 1.807) is 18.2 Å². The Hall–Kier alpha value is -3.36. The van der Waals surface area contributed by atoms with E-state index in [9.17, 15) is 13.7 Å². The Morgan fingerprint density at radius 2 is 1.64 bits per heavy atom. The zero-order valence-electron chi connectivity index (χ0n) is 15.3. The van der Waals surface area contributed by atoms with Crippen LogP contribution in [-0.2, 0) is 16.4 Å². The number of hydrogen-bond acceptors (Lipinski definition) is 3. The molecule has 4 rings (SSSR count). The highest BCUT2D eigenvalue weighted by atomic mass is 32.2. The topological polar surface area (TPSA) is 62.9 Å². The summed E-state index contributed by atoms with van der Waals surface area (Å²) in [6, 6.07) is 23.8. The van der Waals surface area contributed by atoms with Crippen molar-refractivity contribution in [3.8, 4) is 6.07 Å². The molecule has 138 valence electrons. The lowest BCUT2D eigenvalue weighted by atomic mass is 10.1. The van der Waals surface area contributed by atoms with Crippen LogP contribution in [0.15, 0.2) is 82.6 Å². The Morgan fingerprint density at radius 1 is 0.964 bits per heavy atom. The first-order valence-electron chi connectivity index (χ1n) is 8.99. The van der Waals surface area contributed by atoms with E-state index < -0.39 is 9.84 Å². The second kappa shape index (κ2) is 6.99. The molecule has 0 aliphatic heterocycles. The van der Waals surface area contributed by atoms with Crippen LogP contribution >= 0.6 is 0 Å². The van der Waals surface area contributed by atoms with Crippen molar-refractivity contribution in [3.05, 3.63) is 83.3 Å². The normalized spacial score (nSPS) is 12.4. The van der Waals surface area contributed by atoms with E-state index >= 15 is 0 Å². The SMILES string of the molecule is CCn1c2ccccc2c2cc(/C=C(\C#N)S(=O)(=O)c3ccccc3)ccc21. The van der Waals surface area contributed by atoms with Crippen molar-refractivity contribution in [2.75, 3.05) is 0 Å². The summed E-state index contributed by atoms with van der Waals surface area (Å²) in [5.74, 6) is 0. The Bertz CT molecular complexity index is 1360. The van der Waals surface area contributed by atoms with E-state index in [0.29, 0.717) is 5.56 Å². The largest absolute Gasteiger partial charge is 0.341 e. The highest BCUT2D eigenvalue weighted by molar-refractivity contribution is 7.95. The molecule has 4 aromatic rings. The summed E-state index contributed by atoms with van der Waals surface area (Å²) in [5, 5.41) is 11.7. The van der Waals surface area contributed by atoms with Crippen molar-refractivity contribution >= 4 is 37.7 Å². The van der Waals surface area contributed by atoms with Crippen LogP contribution in [0.5, 0.6) is 0 Å². The van der Waals surface area contributed by atoms with Crippen LogP contribution in [0, 0.1) is 11.3 Å².